The van der Waals surface area contributed by atoms with Gasteiger partial charge in [0.05, 0.1) is 5.70 Å². The van der Waals surface area contributed by atoms with E-state index in [4.69, 9.17) is 0 Å². The molecular weight excluding hydrogens is 114 g/mol. The molecule has 0 saturated heterocycles. The lowest BCUT2D eigenvalue weighted by molar-refractivity contribution is -0.112. The minimum absolute atomic E-state index is 0.00787. The molecule has 0 bridgehead atoms. The summed E-state index contributed by atoms with van der Waals surface area (Å²) in [6, 6.07) is 0. The topological polar surface area (TPSA) is 29.4 Å². The van der Waals surface area contributed by atoms with Crippen LogP contribution in [0.2, 0.25) is 0 Å². The van der Waals surface area contributed by atoms with Crippen molar-refractivity contribution in [2.75, 3.05) is 0 Å². The third-order valence-electron chi connectivity index (χ3n) is 0.668. The molecule has 0 aliphatic rings. The van der Waals surface area contributed by atoms with Crippen molar-refractivity contribution in [1.29, 1.82) is 0 Å². The van der Waals surface area contributed by atoms with Crippen molar-refractivity contribution in [2.24, 2.45) is 4.99 Å². The highest BCUT2D eigenvalue weighted by Gasteiger charge is 1.84. The second-order valence-electron chi connectivity index (χ2n) is 1.67. The molecule has 0 saturated carbocycles. The summed E-state index contributed by atoms with van der Waals surface area (Å²) in [6.07, 6.45) is 1.43. The average molecular weight is 123 g/mol. The molecule has 0 unspecified atom stereocenters. The fourth-order valence-electron chi connectivity index (χ4n) is 0.451. The summed E-state index contributed by atoms with van der Waals surface area (Å²) in [5, 5.41) is 0. The number of ketones is 1. The molecule has 0 fully saturated rings. The molecule has 0 aromatic carbocycles. The minimum Gasteiger partial charge on any atom is -0.295 e. The lowest BCUT2D eigenvalue weighted by Gasteiger charge is -1.82. The van der Waals surface area contributed by atoms with Crippen LogP contribution in [0.5, 0.6) is 0 Å². The van der Waals surface area contributed by atoms with Crippen molar-refractivity contribution in [1.82, 2.24) is 0 Å². The van der Waals surface area contributed by atoms with E-state index in [9.17, 15) is 4.79 Å². The molecule has 2 heteroatoms. The van der Waals surface area contributed by atoms with Crippen molar-refractivity contribution >= 4 is 11.7 Å². The maximum absolute atomic E-state index is 10.3. The third-order valence-corrected chi connectivity index (χ3v) is 0.668. The van der Waals surface area contributed by atoms with Crippen LogP contribution < -0.4 is 0 Å². The molecule has 0 amide bonds. The standard InChI is InChI=1S/C7H9NO/c1-4-8-6(2)5-7(3)9/h5H,1H2,2-3H3/b6-5-. The van der Waals surface area contributed by atoms with Gasteiger partial charge in [0.25, 0.3) is 0 Å². The maximum atomic E-state index is 10.3. The summed E-state index contributed by atoms with van der Waals surface area (Å²) < 4.78 is 0. The van der Waals surface area contributed by atoms with E-state index in [1.807, 2.05) is 0 Å². The fourth-order valence-corrected chi connectivity index (χ4v) is 0.451. The fraction of sp³-hybridized carbons (Fsp3) is 0.286. The molecule has 0 spiro atoms. The van der Waals surface area contributed by atoms with Gasteiger partial charge in [0.15, 0.2) is 5.78 Å². The van der Waals surface area contributed by atoms with E-state index in [-0.39, 0.29) is 5.78 Å². The van der Waals surface area contributed by atoms with E-state index in [1.165, 1.54) is 13.0 Å². The number of allylic oxidation sites excluding steroid dienone is 2. The van der Waals surface area contributed by atoms with Crippen LogP contribution in [0.1, 0.15) is 13.8 Å². The molecule has 0 aromatic rings. The first kappa shape index (κ1) is 7.86. The highest BCUT2D eigenvalue weighted by molar-refractivity contribution is 5.87. The second kappa shape index (κ2) is 3.81. The first-order valence-electron chi connectivity index (χ1n) is 2.58. The second-order valence-corrected chi connectivity index (χ2v) is 1.67. The van der Waals surface area contributed by atoms with Crippen LogP contribution in [0.15, 0.2) is 23.3 Å². The van der Waals surface area contributed by atoms with E-state index >= 15 is 0 Å². The Bertz CT molecular complexity index is 185. The first-order chi connectivity index (χ1) is 4.16. The summed E-state index contributed by atoms with van der Waals surface area (Å²) in [4.78, 5) is 14.0. The van der Waals surface area contributed by atoms with Gasteiger partial charge >= 0.3 is 0 Å². The molecule has 0 heterocycles. The van der Waals surface area contributed by atoms with Crippen LogP contribution in [-0.2, 0) is 4.79 Å². The molecule has 9 heavy (non-hydrogen) atoms. The maximum Gasteiger partial charge on any atom is 0.154 e. The molecule has 0 aliphatic heterocycles. The molecule has 0 radical (unpaired) electrons. The molecule has 0 aliphatic carbocycles. The molecule has 0 aromatic heterocycles. The van der Waals surface area contributed by atoms with Crippen LogP contribution in [0.4, 0.5) is 0 Å². The van der Waals surface area contributed by atoms with Gasteiger partial charge in [-0.3, -0.25) is 4.79 Å². The normalized spacial score (nSPS) is 10.2. The number of hydrogen-bond acceptors (Lipinski definition) is 2. The van der Waals surface area contributed by atoms with Crippen molar-refractivity contribution in [3.63, 3.8) is 0 Å². The average Bonchev–Trinajstić information content (AvgIpc) is 1.63. The van der Waals surface area contributed by atoms with Gasteiger partial charge in [-0.05, 0) is 26.3 Å². The zero-order chi connectivity index (χ0) is 7.28. The van der Waals surface area contributed by atoms with Gasteiger partial charge in [0.1, 0.15) is 0 Å². The lowest BCUT2D eigenvalue weighted by atomic mass is 10.3. The number of rotatable bonds is 2. The van der Waals surface area contributed by atoms with Crippen LogP contribution in [-0.4, -0.2) is 11.7 Å². The zero-order valence-corrected chi connectivity index (χ0v) is 5.64. The Morgan fingerprint density at radius 3 is 2.56 bits per heavy atom. The number of carbonyl (C=O) groups excluding carboxylic acids is 1. The predicted octanol–water partition coefficient (Wildman–Crippen LogP) is 1.33. The van der Waals surface area contributed by atoms with Crippen molar-refractivity contribution in [3.8, 4) is 0 Å². The lowest BCUT2D eigenvalue weighted by Crippen LogP contribution is -1.81. The largest absolute Gasteiger partial charge is 0.295 e. The van der Waals surface area contributed by atoms with Crippen LogP contribution in [0.25, 0.3) is 0 Å². The smallest absolute Gasteiger partial charge is 0.154 e. The zero-order valence-electron chi connectivity index (χ0n) is 5.64. The number of carbonyl (C=O) groups is 1. The number of aliphatic imine (C=N–C) groups is 1. The van der Waals surface area contributed by atoms with Gasteiger partial charge in [-0.1, -0.05) is 0 Å². The van der Waals surface area contributed by atoms with E-state index in [1.54, 1.807) is 6.92 Å². The molecular formula is C7H9NO. The Labute approximate surface area is 54.6 Å². The number of nitrogens with zero attached hydrogens (tertiary/aromatic N) is 1. The van der Waals surface area contributed by atoms with Crippen LogP contribution >= 0.6 is 0 Å². The van der Waals surface area contributed by atoms with Crippen molar-refractivity contribution < 1.29 is 4.79 Å². The molecule has 0 atom stereocenters. The Balaban J connectivity index is 4.16. The predicted molar refractivity (Wildman–Crippen MR) is 37.5 cm³/mol. The Hall–Kier alpha value is -1.14. The Morgan fingerprint density at radius 2 is 2.22 bits per heavy atom. The van der Waals surface area contributed by atoms with Gasteiger partial charge in [0, 0.05) is 6.08 Å². The summed E-state index contributed by atoms with van der Waals surface area (Å²) in [5.74, 6) is 2.32. The number of hydrogen-bond donors (Lipinski definition) is 0. The quantitative estimate of drug-likeness (QED) is 0.402. The van der Waals surface area contributed by atoms with Crippen LogP contribution in [0, 0.1) is 0 Å². The monoisotopic (exact) mass is 123 g/mol. The summed E-state index contributed by atoms with van der Waals surface area (Å²) in [7, 11) is 0. The third kappa shape index (κ3) is 4.72. The van der Waals surface area contributed by atoms with Gasteiger partial charge in [-0.2, -0.15) is 0 Å². The van der Waals surface area contributed by atoms with E-state index in [2.05, 4.69) is 17.4 Å². The van der Waals surface area contributed by atoms with Crippen molar-refractivity contribution in [2.45, 2.75) is 13.8 Å². The first-order valence-corrected chi connectivity index (χ1v) is 2.58. The highest BCUT2D eigenvalue weighted by Crippen LogP contribution is 1.91. The molecule has 0 rings (SSSR count). The Morgan fingerprint density at radius 1 is 1.67 bits per heavy atom. The van der Waals surface area contributed by atoms with E-state index in [0.717, 1.165) is 0 Å². The van der Waals surface area contributed by atoms with Crippen molar-refractivity contribution in [3.05, 3.63) is 18.4 Å². The van der Waals surface area contributed by atoms with Gasteiger partial charge < -0.3 is 0 Å². The summed E-state index contributed by atoms with van der Waals surface area (Å²) in [6.45, 7) is 6.46. The SMILES string of the molecule is C=C=N/C(C)=C\C(C)=O. The van der Waals surface area contributed by atoms with E-state index < -0.39 is 0 Å². The molecule has 48 valence electrons. The molecule has 0 N–H and O–H groups in total. The van der Waals surface area contributed by atoms with Crippen LogP contribution in [0.3, 0.4) is 0 Å². The Kier molecular flexibility index (Phi) is 3.33. The van der Waals surface area contributed by atoms with Gasteiger partial charge in [-0.25, -0.2) is 4.99 Å². The van der Waals surface area contributed by atoms with E-state index in [0.29, 0.717) is 5.70 Å². The minimum atomic E-state index is -0.00787. The summed E-state index contributed by atoms with van der Waals surface area (Å²) in [5.41, 5.74) is 0.637. The molecule has 2 nitrogen and oxygen atoms in total. The van der Waals surface area contributed by atoms with Gasteiger partial charge in [0.2, 0.25) is 0 Å². The summed E-state index contributed by atoms with van der Waals surface area (Å²) >= 11 is 0. The van der Waals surface area contributed by atoms with Gasteiger partial charge in [-0.15, -0.1) is 0 Å². The highest BCUT2D eigenvalue weighted by atomic mass is 16.1.